The molecular formula is C11H17N5O2. The van der Waals surface area contributed by atoms with E-state index < -0.39 is 0 Å². The van der Waals surface area contributed by atoms with Crippen LogP contribution in [0.2, 0.25) is 0 Å². The SMILES string of the molecule is CCOCc1nc(N)cc(N2CCNC(=O)C2)n1. The van der Waals surface area contributed by atoms with E-state index in [1.165, 1.54) is 0 Å². The average Bonchev–Trinajstić information content (AvgIpc) is 2.36. The smallest absolute Gasteiger partial charge is 0.239 e. The first-order chi connectivity index (χ1) is 8.69. The molecule has 1 fully saturated rings. The van der Waals surface area contributed by atoms with Crippen molar-refractivity contribution in [1.29, 1.82) is 0 Å². The lowest BCUT2D eigenvalue weighted by atomic mass is 10.3. The third-order valence-electron chi connectivity index (χ3n) is 2.58. The molecule has 2 heterocycles. The summed E-state index contributed by atoms with van der Waals surface area (Å²) in [6.07, 6.45) is 0. The highest BCUT2D eigenvalue weighted by molar-refractivity contribution is 5.82. The lowest BCUT2D eigenvalue weighted by Crippen LogP contribution is -2.48. The average molecular weight is 251 g/mol. The van der Waals surface area contributed by atoms with Crippen LogP contribution in [0.1, 0.15) is 12.7 Å². The van der Waals surface area contributed by atoms with Gasteiger partial charge in [0, 0.05) is 25.8 Å². The van der Waals surface area contributed by atoms with Gasteiger partial charge in [-0.2, -0.15) is 0 Å². The zero-order chi connectivity index (χ0) is 13.0. The van der Waals surface area contributed by atoms with Crippen molar-refractivity contribution in [3.05, 3.63) is 11.9 Å². The molecule has 7 nitrogen and oxygen atoms in total. The van der Waals surface area contributed by atoms with E-state index in [9.17, 15) is 4.79 Å². The number of aromatic nitrogens is 2. The van der Waals surface area contributed by atoms with Gasteiger partial charge in [-0.1, -0.05) is 0 Å². The Morgan fingerprint density at radius 2 is 2.39 bits per heavy atom. The molecule has 2 rings (SSSR count). The van der Waals surface area contributed by atoms with E-state index in [1.807, 2.05) is 11.8 Å². The van der Waals surface area contributed by atoms with Crippen LogP contribution in [0, 0.1) is 0 Å². The van der Waals surface area contributed by atoms with E-state index in [0.717, 1.165) is 6.54 Å². The predicted octanol–water partition coefficient (Wildman–Crippen LogP) is -0.468. The van der Waals surface area contributed by atoms with Gasteiger partial charge in [0.1, 0.15) is 18.2 Å². The van der Waals surface area contributed by atoms with E-state index in [0.29, 0.717) is 43.8 Å². The van der Waals surface area contributed by atoms with Gasteiger partial charge in [-0.3, -0.25) is 4.79 Å². The monoisotopic (exact) mass is 251 g/mol. The number of hydrogen-bond acceptors (Lipinski definition) is 6. The number of nitrogen functional groups attached to an aromatic ring is 1. The maximum Gasteiger partial charge on any atom is 0.239 e. The summed E-state index contributed by atoms with van der Waals surface area (Å²) in [7, 11) is 0. The van der Waals surface area contributed by atoms with Crippen LogP contribution in [0.4, 0.5) is 11.6 Å². The number of nitrogens with one attached hydrogen (secondary N) is 1. The molecular weight excluding hydrogens is 234 g/mol. The highest BCUT2D eigenvalue weighted by Gasteiger charge is 2.18. The fraction of sp³-hybridized carbons (Fsp3) is 0.545. The first kappa shape index (κ1) is 12.6. The minimum Gasteiger partial charge on any atom is -0.384 e. The first-order valence-corrected chi connectivity index (χ1v) is 5.92. The van der Waals surface area contributed by atoms with Gasteiger partial charge in [-0.25, -0.2) is 9.97 Å². The minimum atomic E-state index is -0.00945. The molecule has 1 aromatic rings. The number of anilines is 2. The van der Waals surface area contributed by atoms with E-state index in [4.69, 9.17) is 10.5 Å². The van der Waals surface area contributed by atoms with Crippen molar-refractivity contribution < 1.29 is 9.53 Å². The third kappa shape index (κ3) is 3.07. The molecule has 98 valence electrons. The number of carbonyl (C=O) groups is 1. The molecule has 0 aromatic carbocycles. The van der Waals surface area contributed by atoms with Crippen molar-refractivity contribution in [2.24, 2.45) is 0 Å². The Morgan fingerprint density at radius 3 is 3.11 bits per heavy atom. The number of piperazine rings is 1. The van der Waals surface area contributed by atoms with Crippen LogP contribution in [0.25, 0.3) is 0 Å². The maximum absolute atomic E-state index is 11.3. The Hall–Kier alpha value is -1.89. The molecule has 18 heavy (non-hydrogen) atoms. The second-order valence-electron chi connectivity index (χ2n) is 3.98. The Kier molecular flexibility index (Phi) is 3.93. The van der Waals surface area contributed by atoms with Crippen LogP contribution in [0.5, 0.6) is 0 Å². The number of hydrogen-bond donors (Lipinski definition) is 2. The van der Waals surface area contributed by atoms with Crippen molar-refractivity contribution in [3.8, 4) is 0 Å². The van der Waals surface area contributed by atoms with Crippen LogP contribution in [-0.2, 0) is 16.1 Å². The number of carbonyl (C=O) groups excluding carboxylic acids is 1. The van der Waals surface area contributed by atoms with Gasteiger partial charge >= 0.3 is 0 Å². The highest BCUT2D eigenvalue weighted by Crippen LogP contribution is 2.15. The fourth-order valence-corrected chi connectivity index (χ4v) is 1.76. The molecule has 3 N–H and O–H groups in total. The molecule has 1 aliphatic rings. The van der Waals surface area contributed by atoms with Gasteiger partial charge in [0.2, 0.25) is 5.91 Å². The topological polar surface area (TPSA) is 93.4 Å². The second kappa shape index (κ2) is 5.63. The van der Waals surface area contributed by atoms with E-state index >= 15 is 0 Å². The maximum atomic E-state index is 11.3. The molecule has 0 unspecified atom stereocenters. The summed E-state index contributed by atoms with van der Waals surface area (Å²) in [4.78, 5) is 21.7. The molecule has 0 atom stereocenters. The number of nitrogens with zero attached hydrogens (tertiary/aromatic N) is 3. The zero-order valence-electron chi connectivity index (χ0n) is 10.3. The zero-order valence-corrected chi connectivity index (χ0v) is 10.3. The van der Waals surface area contributed by atoms with E-state index in [-0.39, 0.29) is 5.91 Å². The number of nitrogens with two attached hydrogens (primary N) is 1. The summed E-state index contributed by atoms with van der Waals surface area (Å²) in [6, 6.07) is 1.67. The normalized spacial score (nSPS) is 15.6. The fourth-order valence-electron chi connectivity index (χ4n) is 1.76. The molecule has 1 aliphatic heterocycles. The van der Waals surface area contributed by atoms with Gasteiger partial charge in [0.05, 0.1) is 6.54 Å². The number of amides is 1. The Labute approximate surface area is 105 Å². The molecule has 0 radical (unpaired) electrons. The van der Waals surface area contributed by atoms with Crippen molar-refractivity contribution >= 4 is 17.5 Å². The second-order valence-corrected chi connectivity index (χ2v) is 3.98. The molecule has 0 saturated carbocycles. The van der Waals surface area contributed by atoms with E-state index in [1.54, 1.807) is 6.07 Å². The molecule has 0 spiro atoms. The molecule has 0 bridgehead atoms. The quantitative estimate of drug-likeness (QED) is 0.751. The van der Waals surface area contributed by atoms with E-state index in [2.05, 4.69) is 15.3 Å². The molecule has 1 amide bonds. The van der Waals surface area contributed by atoms with Crippen molar-refractivity contribution in [3.63, 3.8) is 0 Å². The third-order valence-corrected chi connectivity index (χ3v) is 2.58. The first-order valence-electron chi connectivity index (χ1n) is 5.92. The highest BCUT2D eigenvalue weighted by atomic mass is 16.5. The standard InChI is InChI=1S/C11H17N5O2/c1-2-18-7-9-14-8(12)5-10(15-9)16-4-3-13-11(17)6-16/h5H,2-4,6-7H2,1H3,(H,13,17)(H2,12,14,15). The Balaban J connectivity index is 2.16. The van der Waals surface area contributed by atoms with Crippen LogP contribution in [0.3, 0.4) is 0 Å². The minimum absolute atomic E-state index is 0.00945. The number of rotatable bonds is 4. The number of ether oxygens (including phenoxy) is 1. The van der Waals surface area contributed by atoms with Gasteiger partial charge in [0.25, 0.3) is 0 Å². The predicted molar refractivity (Wildman–Crippen MR) is 67.0 cm³/mol. The van der Waals surface area contributed by atoms with Crippen LogP contribution in [0.15, 0.2) is 6.07 Å². The van der Waals surface area contributed by atoms with Crippen molar-refractivity contribution in [2.45, 2.75) is 13.5 Å². The molecule has 7 heteroatoms. The Morgan fingerprint density at radius 1 is 1.56 bits per heavy atom. The molecule has 0 aliphatic carbocycles. The summed E-state index contributed by atoms with van der Waals surface area (Å²) in [5.41, 5.74) is 5.74. The largest absolute Gasteiger partial charge is 0.384 e. The van der Waals surface area contributed by atoms with Gasteiger partial charge < -0.3 is 20.7 Å². The Bertz CT molecular complexity index is 437. The lowest BCUT2D eigenvalue weighted by Gasteiger charge is -2.27. The van der Waals surface area contributed by atoms with Gasteiger partial charge in [0.15, 0.2) is 5.82 Å². The van der Waals surface area contributed by atoms with Crippen LogP contribution in [-0.4, -0.2) is 42.1 Å². The summed E-state index contributed by atoms with van der Waals surface area (Å²) < 4.78 is 5.26. The summed E-state index contributed by atoms with van der Waals surface area (Å²) in [5.74, 6) is 1.59. The van der Waals surface area contributed by atoms with Crippen LogP contribution < -0.4 is 16.0 Å². The van der Waals surface area contributed by atoms with Gasteiger partial charge in [-0.05, 0) is 6.92 Å². The molecule has 1 aromatic heterocycles. The molecule has 1 saturated heterocycles. The summed E-state index contributed by atoms with van der Waals surface area (Å²) in [6.45, 7) is 4.46. The van der Waals surface area contributed by atoms with Gasteiger partial charge in [-0.15, -0.1) is 0 Å². The van der Waals surface area contributed by atoms with Crippen molar-refractivity contribution in [1.82, 2.24) is 15.3 Å². The van der Waals surface area contributed by atoms with Crippen molar-refractivity contribution in [2.75, 3.05) is 36.9 Å². The summed E-state index contributed by atoms with van der Waals surface area (Å²) in [5, 5.41) is 2.77. The summed E-state index contributed by atoms with van der Waals surface area (Å²) >= 11 is 0. The van der Waals surface area contributed by atoms with Crippen LogP contribution >= 0.6 is 0 Å². The lowest BCUT2D eigenvalue weighted by molar-refractivity contribution is -0.120.